The third kappa shape index (κ3) is 4.12. The molecule has 1 aliphatic heterocycles. The second-order valence-electron chi connectivity index (χ2n) is 7.49. The van der Waals surface area contributed by atoms with Crippen molar-refractivity contribution in [2.75, 3.05) is 12.4 Å². The molecule has 1 aliphatic carbocycles. The first kappa shape index (κ1) is 19.7. The smallest absolute Gasteiger partial charge is 0.241 e. The Balaban J connectivity index is 0.00000210. The van der Waals surface area contributed by atoms with Crippen LogP contribution < -0.4 is 16.0 Å². The summed E-state index contributed by atoms with van der Waals surface area (Å²) in [5.41, 5.74) is 1.72. The van der Waals surface area contributed by atoms with Gasteiger partial charge in [0, 0.05) is 25.0 Å². The van der Waals surface area contributed by atoms with Crippen molar-refractivity contribution in [1.29, 1.82) is 0 Å². The average Bonchev–Trinajstić information content (AvgIpc) is 3.26. The first-order valence-electron chi connectivity index (χ1n) is 9.50. The van der Waals surface area contributed by atoms with Gasteiger partial charge in [-0.1, -0.05) is 18.9 Å². The zero-order chi connectivity index (χ0) is 18.1. The number of likely N-dealkylation sites (N-methyl/N-ethyl adjacent to an activating group) is 1. The number of fused-ring (bicyclic) bond motifs is 2. The van der Waals surface area contributed by atoms with Crippen molar-refractivity contribution in [2.24, 2.45) is 5.92 Å². The molecule has 2 fully saturated rings. The molecule has 4 rings (SSSR count). The highest BCUT2D eigenvalue weighted by molar-refractivity contribution is 5.97. The van der Waals surface area contributed by atoms with Gasteiger partial charge in [-0.15, -0.1) is 12.4 Å². The summed E-state index contributed by atoms with van der Waals surface area (Å²) >= 11 is 0. The standard InChI is InChI=1S/C20H26N4O2.ClH/c1-21-19(25)12-24-9-8-13-6-7-15(11-18(13)24)22-20(26)17-10-14-4-2-3-5-16(14)23-17;/h6-9,11,14,16-17,23H,2-5,10,12H2,1H3,(H,21,25)(H,22,26);1H. The molecule has 0 radical (unpaired) electrons. The lowest BCUT2D eigenvalue weighted by Gasteiger charge is -2.24. The van der Waals surface area contributed by atoms with E-state index in [1.165, 1.54) is 25.7 Å². The zero-order valence-electron chi connectivity index (χ0n) is 15.5. The highest BCUT2D eigenvalue weighted by Crippen LogP contribution is 2.33. The van der Waals surface area contributed by atoms with Crippen LogP contribution in [0.5, 0.6) is 0 Å². The summed E-state index contributed by atoms with van der Waals surface area (Å²) in [5.74, 6) is 0.643. The van der Waals surface area contributed by atoms with Gasteiger partial charge in [-0.25, -0.2) is 0 Å². The monoisotopic (exact) mass is 390 g/mol. The minimum Gasteiger partial charge on any atom is -0.358 e. The van der Waals surface area contributed by atoms with Gasteiger partial charge in [0.2, 0.25) is 11.8 Å². The number of aromatic nitrogens is 1. The van der Waals surface area contributed by atoms with Crippen LogP contribution in [0.4, 0.5) is 5.69 Å². The van der Waals surface area contributed by atoms with E-state index < -0.39 is 0 Å². The van der Waals surface area contributed by atoms with Gasteiger partial charge in [0.05, 0.1) is 11.6 Å². The second kappa shape index (κ2) is 8.31. The fourth-order valence-electron chi connectivity index (χ4n) is 4.38. The summed E-state index contributed by atoms with van der Waals surface area (Å²) in [4.78, 5) is 24.4. The number of nitrogens with zero attached hydrogens (tertiary/aromatic N) is 1. The topological polar surface area (TPSA) is 75.2 Å². The van der Waals surface area contributed by atoms with Crippen molar-refractivity contribution in [3.05, 3.63) is 30.5 Å². The molecule has 27 heavy (non-hydrogen) atoms. The highest BCUT2D eigenvalue weighted by Gasteiger charge is 2.38. The lowest BCUT2D eigenvalue weighted by molar-refractivity contribution is -0.121. The molecule has 1 aromatic heterocycles. The molecule has 3 atom stereocenters. The van der Waals surface area contributed by atoms with Gasteiger partial charge in [0.25, 0.3) is 0 Å². The average molecular weight is 391 g/mol. The molecule has 6 nitrogen and oxygen atoms in total. The maximum Gasteiger partial charge on any atom is 0.241 e. The number of nitrogens with one attached hydrogen (secondary N) is 3. The van der Waals surface area contributed by atoms with Crippen LogP contribution in [0, 0.1) is 5.92 Å². The summed E-state index contributed by atoms with van der Waals surface area (Å²) in [6.45, 7) is 0.269. The Labute approximate surface area is 165 Å². The molecule has 3 N–H and O–H groups in total. The van der Waals surface area contributed by atoms with Crippen molar-refractivity contribution in [2.45, 2.75) is 50.7 Å². The summed E-state index contributed by atoms with van der Waals surface area (Å²) in [5, 5.41) is 10.3. The molecule has 2 aromatic rings. The molecule has 0 spiro atoms. The third-order valence-electron chi connectivity index (χ3n) is 5.81. The van der Waals surface area contributed by atoms with E-state index in [1.807, 2.05) is 35.0 Å². The zero-order valence-corrected chi connectivity index (χ0v) is 16.3. The van der Waals surface area contributed by atoms with Crippen molar-refractivity contribution in [1.82, 2.24) is 15.2 Å². The maximum absolute atomic E-state index is 12.7. The predicted molar refractivity (Wildman–Crippen MR) is 109 cm³/mol. The number of hydrogen-bond donors (Lipinski definition) is 3. The van der Waals surface area contributed by atoms with Gasteiger partial charge >= 0.3 is 0 Å². The number of carbonyl (C=O) groups is 2. The van der Waals surface area contributed by atoms with Crippen LogP contribution in [-0.4, -0.2) is 35.5 Å². The van der Waals surface area contributed by atoms with Crippen molar-refractivity contribution >= 4 is 40.8 Å². The Kier molecular flexibility index (Phi) is 6.07. The second-order valence-corrected chi connectivity index (χ2v) is 7.49. The third-order valence-corrected chi connectivity index (χ3v) is 5.81. The lowest BCUT2D eigenvalue weighted by atomic mass is 9.85. The summed E-state index contributed by atoms with van der Waals surface area (Å²) in [6, 6.07) is 8.23. The SMILES string of the molecule is CNC(=O)Cn1ccc2ccc(NC(=O)C3CC4CCCCC4N3)cc21.Cl. The largest absolute Gasteiger partial charge is 0.358 e. The van der Waals surface area contributed by atoms with Gasteiger partial charge in [-0.3, -0.25) is 9.59 Å². The van der Waals surface area contributed by atoms with Gasteiger partial charge in [-0.05, 0) is 48.8 Å². The Bertz CT molecular complexity index is 820. The lowest BCUT2D eigenvalue weighted by Crippen LogP contribution is -2.39. The first-order chi connectivity index (χ1) is 12.6. The van der Waals surface area contributed by atoms with Crippen LogP contribution in [0.3, 0.4) is 0 Å². The van der Waals surface area contributed by atoms with Crippen LogP contribution in [0.25, 0.3) is 10.9 Å². The van der Waals surface area contributed by atoms with E-state index in [2.05, 4.69) is 16.0 Å². The quantitative estimate of drug-likeness (QED) is 0.751. The van der Waals surface area contributed by atoms with Gasteiger partial charge in [-0.2, -0.15) is 0 Å². The van der Waals surface area contributed by atoms with Crippen LogP contribution in [-0.2, 0) is 16.1 Å². The molecule has 1 saturated carbocycles. The number of carbonyl (C=O) groups excluding carboxylic acids is 2. The van der Waals surface area contributed by atoms with Crippen LogP contribution in [0.15, 0.2) is 30.5 Å². The maximum atomic E-state index is 12.7. The van der Waals surface area contributed by atoms with Gasteiger partial charge < -0.3 is 20.5 Å². The molecular formula is C20H27ClN4O2. The molecule has 3 unspecified atom stereocenters. The van der Waals surface area contributed by atoms with E-state index >= 15 is 0 Å². The molecule has 7 heteroatoms. The predicted octanol–water partition coefficient (Wildman–Crippen LogP) is 2.67. The van der Waals surface area contributed by atoms with Crippen LogP contribution in [0.2, 0.25) is 0 Å². The molecule has 2 aliphatic rings. The molecular weight excluding hydrogens is 364 g/mol. The molecule has 1 saturated heterocycles. The van der Waals surface area contributed by atoms with Crippen molar-refractivity contribution in [3.8, 4) is 0 Å². The minimum absolute atomic E-state index is 0. The van der Waals surface area contributed by atoms with Crippen LogP contribution >= 0.6 is 12.4 Å². The summed E-state index contributed by atoms with van der Waals surface area (Å²) in [6.07, 6.45) is 7.81. The van der Waals surface area contributed by atoms with Gasteiger partial charge in [0.15, 0.2) is 0 Å². The van der Waals surface area contributed by atoms with Crippen molar-refractivity contribution < 1.29 is 9.59 Å². The Morgan fingerprint density at radius 1 is 1.22 bits per heavy atom. The van der Waals surface area contributed by atoms with E-state index in [0.717, 1.165) is 23.0 Å². The minimum atomic E-state index is -0.101. The van der Waals surface area contributed by atoms with Crippen molar-refractivity contribution in [3.63, 3.8) is 0 Å². The summed E-state index contributed by atoms with van der Waals surface area (Å²) in [7, 11) is 1.63. The molecule has 2 heterocycles. The Morgan fingerprint density at radius 3 is 2.81 bits per heavy atom. The van der Waals surface area contributed by atoms with Crippen LogP contribution in [0.1, 0.15) is 32.1 Å². The number of hydrogen-bond acceptors (Lipinski definition) is 3. The highest BCUT2D eigenvalue weighted by atomic mass is 35.5. The van der Waals surface area contributed by atoms with E-state index in [4.69, 9.17) is 0 Å². The number of rotatable bonds is 4. The normalized spacial score (nSPS) is 24.1. The van der Waals surface area contributed by atoms with E-state index in [-0.39, 0.29) is 36.8 Å². The fourth-order valence-corrected chi connectivity index (χ4v) is 4.38. The summed E-state index contributed by atoms with van der Waals surface area (Å²) < 4.78 is 1.90. The molecule has 0 bridgehead atoms. The molecule has 146 valence electrons. The van der Waals surface area contributed by atoms with E-state index in [9.17, 15) is 9.59 Å². The Hall–Kier alpha value is -2.05. The number of amides is 2. The first-order valence-corrected chi connectivity index (χ1v) is 9.50. The number of halogens is 1. The molecule has 2 amide bonds. The fraction of sp³-hybridized carbons (Fsp3) is 0.500. The Morgan fingerprint density at radius 2 is 2.04 bits per heavy atom. The van der Waals surface area contributed by atoms with E-state index in [0.29, 0.717) is 12.0 Å². The van der Waals surface area contributed by atoms with E-state index in [1.54, 1.807) is 7.05 Å². The number of benzene rings is 1. The molecule has 1 aromatic carbocycles. The number of anilines is 1. The van der Waals surface area contributed by atoms with Gasteiger partial charge in [0.1, 0.15) is 6.54 Å².